The van der Waals surface area contributed by atoms with Gasteiger partial charge in [-0.25, -0.2) is 9.59 Å². The number of nitrogens with one attached hydrogen (secondary N) is 1. The minimum Gasteiger partial charge on any atom is -0.464 e. The molecule has 1 rings (SSSR count). The molecule has 134 valence electrons. The molecule has 24 heavy (non-hydrogen) atoms. The van der Waals surface area contributed by atoms with Crippen molar-refractivity contribution in [2.75, 3.05) is 6.61 Å². The lowest BCUT2D eigenvalue weighted by molar-refractivity contribution is -0.162. The summed E-state index contributed by atoms with van der Waals surface area (Å²) in [5.74, 6) is -1.13. The van der Waals surface area contributed by atoms with Gasteiger partial charge in [0.2, 0.25) is 0 Å². The molecular formula is C16H20F3NO4. The van der Waals surface area contributed by atoms with Crippen molar-refractivity contribution in [2.24, 2.45) is 0 Å². The second-order valence-corrected chi connectivity index (χ2v) is 5.10. The molecule has 0 heterocycles. The van der Waals surface area contributed by atoms with Crippen LogP contribution in [0.5, 0.6) is 0 Å². The molecule has 0 aliphatic heterocycles. The van der Waals surface area contributed by atoms with Gasteiger partial charge in [-0.15, -0.1) is 0 Å². The largest absolute Gasteiger partial charge is 0.464 e. The van der Waals surface area contributed by atoms with Gasteiger partial charge < -0.3 is 14.8 Å². The molecule has 1 N–H and O–H groups in total. The van der Waals surface area contributed by atoms with Gasteiger partial charge in [0, 0.05) is 0 Å². The zero-order valence-corrected chi connectivity index (χ0v) is 13.3. The number of carbonyl (C=O) groups excluding carboxylic acids is 2. The Hall–Kier alpha value is -2.25. The van der Waals surface area contributed by atoms with E-state index in [2.05, 4.69) is 0 Å². The van der Waals surface area contributed by atoms with Crippen LogP contribution in [0.4, 0.5) is 18.0 Å². The zero-order chi connectivity index (χ0) is 18.0. The molecule has 0 aromatic heterocycles. The third kappa shape index (κ3) is 8.40. The highest BCUT2D eigenvalue weighted by Gasteiger charge is 2.37. The van der Waals surface area contributed by atoms with Crippen LogP contribution in [0.25, 0.3) is 0 Å². The van der Waals surface area contributed by atoms with Crippen LogP contribution in [0, 0.1) is 0 Å². The molecule has 1 aromatic carbocycles. The number of alkyl halides is 3. The molecule has 0 fully saturated rings. The van der Waals surface area contributed by atoms with Crippen LogP contribution < -0.4 is 5.32 Å². The molecule has 1 amide bonds. The Kier molecular flexibility index (Phi) is 8.08. The van der Waals surface area contributed by atoms with Crippen molar-refractivity contribution >= 4 is 12.1 Å². The van der Waals surface area contributed by atoms with Gasteiger partial charge in [0.05, 0.1) is 13.0 Å². The lowest BCUT2D eigenvalue weighted by Gasteiger charge is -2.19. The van der Waals surface area contributed by atoms with Gasteiger partial charge in [0.15, 0.2) is 0 Å². The van der Waals surface area contributed by atoms with Crippen LogP contribution in [0.1, 0.15) is 31.7 Å². The average molecular weight is 347 g/mol. The van der Waals surface area contributed by atoms with Crippen LogP contribution >= 0.6 is 0 Å². The van der Waals surface area contributed by atoms with E-state index in [4.69, 9.17) is 9.47 Å². The Balaban J connectivity index is 2.55. The number of esters is 1. The second kappa shape index (κ2) is 9.79. The van der Waals surface area contributed by atoms with Gasteiger partial charge in [-0.2, -0.15) is 13.2 Å². The van der Waals surface area contributed by atoms with Gasteiger partial charge in [0.1, 0.15) is 12.6 Å². The maximum absolute atomic E-state index is 12.6. The maximum atomic E-state index is 12.6. The van der Waals surface area contributed by atoms with Crippen molar-refractivity contribution in [2.45, 2.75) is 45.0 Å². The molecule has 0 aliphatic rings. The number of rotatable bonds is 8. The number of halogens is 3. The van der Waals surface area contributed by atoms with E-state index in [0.29, 0.717) is 12.0 Å². The summed E-state index contributed by atoms with van der Waals surface area (Å²) >= 11 is 0. The first-order chi connectivity index (χ1) is 11.3. The van der Waals surface area contributed by atoms with Crippen LogP contribution in [-0.2, 0) is 20.9 Å². The molecular weight excluding hydrogens is 327 g/mol. The van der Waals surface area contributed by atoms with Gasteiger partial charge >= 0.3 is 18.2 Å². The predicted molar refractivity (Wildman–Crippen MR) is 80.1 cm³/mol. The lowest BCUT2D eigenvalue weighted by Crippen LogP contribution is -2.44. The van der Waals surface area contributed by atoms with Crippen molar-refractivity contribution in [1.29, 1.82) is 0 Å². The number of carbonyl (C=O) groups is 2. The molecule has 0 spiro atoms. The first-order valence-electron chi connectivity index (χ1n) is 7.52. The summed E-state index contributed by atoms with van der Waals surface area (Å²) in [6, 6.07) is 6.79. The summed E-state index contributed by atoms with van der Waals surface area (Å²) in [4.78, 5) is 23.4. The Morgan fingerprint density at radius 2 is 1.83 bits per heavy atom. The number of hydrogen-bond acceptors (Lipinski definition) is 4. The first-order valence-corrected chi connectivity index (χ1v) is 7.52. The molecule has 5 nitrogen and oxygen atoms in total. The van der Waals surface area contributed by atoms with Crippen LogP contribution in [0.3, 0.4) is 0 Å². The highest BCUT2D eigenvalue weighted by molar-refractivity contribution is 5.81. The molecule has 0 saturated heterocycles. The quantitative estimate of drug-likeness (QED) is 0.577. The van der Waals surface area contributed by atoms with Gasteiger partial charge in [-0.3, -0.25) is 0 Å². The fraction of sp³-hybridized carbons (Fsp3) is 0.500. The Morgan fingerprint density at radius 1 is 1.17 bits per heavy atom. The number of benzene rings is 1. The van der Waals surface area contributed by atoms with Crippen molar-refractivity contribution < 1.29 is 32.2 Å². The Morgan fingerprint density at radius 3 is 2.42 bits per heavy atom. The van der Waals surface area contributed by atoms with Crippen molar-refractivity contribution in [3.8, 4) is 0 Å². The molecule has 0 saturated carbocycles. The van der Waals surface area contributed by atoms with Gasteiger partial charge in [-0.05, 0) is 12.0 Å². The lowest BCUT2D eigenvalue weighted by atomic mass is 10.2. The summed E-state index contributed by atoms with van der Waals surface area (Å²) in [7, 11) is 0. The predicted octanol–water partition coefficient (Wildman–Crippen LogP) is 3.58. The summed E-state index contributed by atoms with van der Waals surface area (Å²) in [6.45, 7) is 1.74. The van der Waals surface area contributed by atoms with Crippen LogP contribution in [0.15, 0.2) is 30.3 Å². The first kappa shape index (κ1) is 19.8. The Labute approximate surface area is 138 Å². The number of alkyl carbamates (subject to hydrolysis) is 1. The van der Waals surface area contributed by atoms with Crippen molar-refractivity contribution in [3.05, 3.63) is 35.9 Å². The number of hydrogen-bond donors (Lipinski definition) is 1. The minimum absolute atomic E-state index is 0.00440. The SMILES string of the molecule is CCCCOC(=O)C(CC(F)(F)F)NC(=O)OCc1ccccc1. The number of amides is 1. The third-order valence-corrected chi connectivity index (χ3v) is 2.97. The highest BCUT2D eigenvalue weighted by atomic mass is 19.4. The normalized spacial score (nSPS) is 12.3. The minimum atomic E-state index is -4.62. The van der Waals surface area contributed by atoms with E-state index in [1.54, 1.807) is 30.3 Å². The molecule has 1 atom stereocenters. The maximum Gasteiger partial charge on any atom is 0.408 e. The summed E-state index contributed by atoms with van der Waals surface area (Å²) in [6.07, 6.45) is -5.99. The smallest absolute Gasteiger partial charge is 0.408 e. The van der Waals surface area contributed by atoms with E-state index >= 15 is 0 Å². The number of ether oxygens (including phenoxy) is 2. The average Bonchev–Trinajstić information content (AvgIpc) is 2.52. The fourth-order valence-electron chi connectivity index (χ4n) is 1.75. The summed E-state index contributed by atoms with van der Waals surface area (Å²) in [5, 5.41) is 1.91. The fourth-order valence-corrected chi connectivity index (χ4v) is 1.75. The molecule has 1 unspecified atom stereocenters. The van der Waals surface area contributed by atoms with E-state index in [9.17, 15) is 22.8 Å². The van der Waals surface area contributed by atoms with Crippen LogP contribution in [0.2, 0.25) is 0 Å². The molecule has 1 aromatic rings. The topological polar surface area (TPSA) is 64.6 Å². The summed E-state index contributed by atoms with van der Waals surface area (Å²) in [5.41, 5.74) is 0.672. The van der Waals surface area contributed by atoms with E-state index in [1.165, 1.54) is 0 Å². The standard InChI is InChI=1S/C16H20F3NO4/c1-2-3-9-23-14(21)13(10-16(17,18)19)20-15(22)24-11-12-7-5-4-6-8-12/h4-8,13H,2-3,9-11H2,1H3,(H,20,22). The Bertz CT molecular complexity index is 520. The molecule has 0 bridgehead atoms. The van der Waals surface area contributed by atoms with E-state index < -0.39 is 30.7 Å². The highest BCUT2D eigenvalue weighted by Crippen LogP contribution is 2.22. The van der Waals surface area contributed by atoms with E-state index in [0.717, 1.165) is 6.42 Å². The summed E-state index contributed by atoms with van der Waals surface area (Å²) < 4.78 is 47.2. The third-order valence-electron chi connectivity index (χ3n) is 2.97. The second-order valence-electron chi connectivity index (χ2n) is 5.10. The van der Waals surface area contributed by atoms with E-state index in [1.807, 2.05) is 12.2 Å². The molecule has 8 heteroatoms. The van der Waals surface area contributed by atoms with Crippen molar-refractivity contribution in [1.82, 2.24) is 5.32 Å². The zero-order valence-electron chi connectivity index (χ0n) is 13.3. The van der Waals surface area contributed by atoms with Crippen LogP contribution in [-0.4, -0.2) is 30.9 Å². The molecule has 0 aliphatic carbocycles. The number of unbranched alkanes of at least 4 members (excludes halogenated alkanes) is 1. The van der Waals surface area contributed by atoms with E-state index in [-0.39, 0.29) is 13.2 Å². The van der Waals surface area contributed by atoms with Gasteiger partial charge in [0.25, 0.3) is 0 Å². The monoisotopic (exact) mass is 347 g/mol. The molecule has 0 radical (unpaired) electrons. The van der Waals surface area contributed by atoms with Gasteiger partial charge in [-0.1, -0.05) is 43.7 Å². The van der Waals surface area contributed by atoms with Crippen molar-refractivity contribution in [3.63, 3.8) is 0 Å².